The summed E-state index contributed by atoms with van der Waals surface area (Å²) < 4.78 is 0. The molecule has 0 unspecified atom stereocenters. The van der Waals surface area contributed by atoms with Crippen LogP contribution >= 0.6 is 23.2 Å². The molecule has 0 atom stereocenters. The van der Waals surface area contributed by atoms with E-state index in [-0.39, 0.29) is 16.3 Å². The summed E-state index contributed by atoms with van der Waals surface area (Å²) in [6, 6.07) is 9.78. The van der Waals surface area contributed by atoms with Gasteiger partial charge in [-0.15, -0.1) is 0 Å². The van der Waals surface area contributed by atoms with Crippen LogP contribution < -0.4 is 5.32 Å². The number of hydrogen-bond donors (Lipinski definition) is 2. The van der Waals surface area contributed by atoms with Gasteiger partial charge in [0.2, 0.25) is 0 Å². The average Bonchev–Trinajstić information content (AvgIpc) is 2.36. The fourth-order valence-corrected chi connectivity index (χ4v) is 2.00. The van der Waals surface area contributed by atoms with E-state index < -0.39 is 5.91 Å². The number of hydrogen-bond acceptors (Lipinski definition) is 2. The molecule has 2 aromatic rings. The molecule has 0 aliphatic carbocycles. The third-order valence-electron chi connectivity index (χ3n) is 2.60. The molecular weight excluding hydrogens is 285 g/mol. The molecule has 0 aliphatic heterocycles. The molecule has 0 saturated heterocycles. The zero-order chi connectivity index (χ0) is 14.0. The first-order valence-electron chi connectivity index (χ1n) is 5.54. The van der Waals surface area contributed by atoms with Gasteiger partial charge in [-0.25, -0.2) is 0 Å². The molecule has 98 valence electrons. The topological polar surface area (TPSA) is 49.3 Å². The maximum absolute atomic E-state index is 12.1. The summed E-state index contributed by atoms with van der Waals surface area (Å²) in [7, 11) is 0. The van der Waals surface area contributed by atoms with Gasteiger partial charge >= 0.3 is 0 Å². The van der Waals surface area contributed by atoms with E-state index in [1.54, 1.807) is 36.4 Å². The van der Waals surface area contributed by atoms with Crippen molar-refractivity contribution in [2.75, 3.05) is 5.32 Å². The van der Waals surface area contributed by atoms with E-state index in [0.29, 0.717) is 10.7 Å². The zero-order valence-corrected chi connectivity index (χ0v) is 11.6. The summed E-state index contributed by atoms with van der Waals surface area (Å²) in [6.07, 6.45) is 0. The molecule has 0 spiro atoms. The summed E-state index contributed by atoms with van der Waals surface area (Å²) >= 11 is 11.8. The molecule has 0 saturated carbocycles. The lowest BCUT2D eigenvalue weighted by atomic mass is 10.2. The van der Waals surface area contributed by atoms with Crippen LogP contribution in [-0.4, -0.2) is 11.0 Å². The lowest BCUT2D eigenvalue weighted by Crippen LogP contribution is -2.12. The third-order valence-corrected chi connectivity index (χ3v) is 3.42. The number of carbonyl (C=O) groups is 1. The highest BCUT2D eigenvalue weighted by Gasteiger charge is 2.14. The normalized spacial score (nSPS) is 10.3. The maximum atomic E-state index is 12.1. The van der Waals surface area contributed by atoms with Gasteiger partial charge in [-0.05, 0) is 36.8 Å². The van der Waals surface area contributed by atoms with Crippen molar-refractivity contribution in [1.29, 1.82) is 0 Å². The lowest BCUT2D eigenvalue weighted by Gasteiger charge is -2.09. The number of phenolic OH excluding ortho intramolecular Hbond substituents is 1. The number of benzene rings is 2. The van der Waals surface area contributed by atoms with Crippen LogP contribution in [0.2, 0.25) is 10.0 Å². The Morgan fingerprint density at radius 1 is 1.21 bits per heavy atom. The number of phenols is 1. The van der Waals surface area contributed by atoms with Gasteiger partial charge in [-0.2, -0.15) is 0 Å². The Balaban J connectivity index is 2.28. The Kier molecular flexibility index (Phi) is 3.98. The number of rotatable bonds is 2. The first-order valence-corrected chi connectivity index (χ1v) is 6.29. The third kappa shape index (κ3) is 3.00. The van der Waals surface area contributed by atoms with Crippen molar-refractivity contribution >= 4 is 34.8 Å². The second-order valence-electron chi connectivity index (χ2n) is 4.08. The monoisotopic (exact) mass is 295 g/mol. The van der Waals surface area contributed by atoms with E-state index in [4.69, 9.17) is 23.2 Å². The molecule has 2 aromatic carbocycles. The van der Waals surface area contributed by atoms with Crippen LogP contribution in [0.1, 0.15) is 15.9 Å². The van der Waals surface area contributed by atoms with Crippen LogP contribution in [-0.2, 0) is 0 Å². The van der Waals surface area contributed by atoms with Crippen LogP contribution in [0.15, 0.2) is 36.4 Å². The molecule has 2 N–H and O–H groups in total. The number of aromatic hydroxyl groups is 1. The molecule has 0 heterocycles. The predicted molar refractivity (Wildman–Crippen MR) is 77.3 cm³/mol. The maximum Gasteiger partial charge on any atom is 0.257 e. The highest BCUT2D eigenvalue weighted by molar-refractivity contribution is 6.44. The van der Waals surface area contributed by atoms with E-state index in [0.717, 1.165) is 5.56 Å². The van der Waals surface area contributed by atoms with Crippen LogP contribution in [0.3, 0.4) is 0 Å². The van der Waals surface area contributed by atoms with Gasteiger partial charge in [0.1, 0.15) is 5.75 Å². The molecule has 19 heavy (non-hydrogen) atoms. The summed E-state index contributed by atoms with van der Waals surface area (Å²) in [6.45, 7) is 1.85. The second-order valence-corrected chi connectivity index (χ2v) is 4.86. The van der Waals surface area contributed by atoms with Crippen molar-refractivity contribution < 1.29 is 9.90 Å². The van der Waals surface area contributed by atoms with Crippen molar-refractivity contribution in [2.24, 2.45) is 0 Å². The number of nitrogens with one attached hydrogen (secondary N) is 1. The molecular formula is C14H11Cl2NO2. The Bertz CT molecular complexity index is 641. The SMILES string of the molecule is Cc1ccc(NC(=O)c2cccc(Cl)c2Cl)c(O)c1. The first-order chi connectivity index (χ1) is 8.99. The molecule has 1 amide bonds. The molecule has 0 aliphatic rings. The largest absolute Gasteiger partial charge is 0.506 e. The minimum absolute atomic E-state index is 0.00602. The molecule has 0 bridgehead atoms. The van der Waals surface area contributed by atoms with Gasteiger partial charge in [0.05, 0.1) is 21.3 Å². The van der Waals surface area contributed by atoms with Crippen LogP contribution in [0.25, 0.3) is 0 Å². The number of anilines is 1. The minimum Gasteiger partial charge on any atom is -0.506 e. The average molecular weight is 296 g/mol. The Labute approximate surface area is 120 Å². The first kappa shape index (κ1) is 13.7. The summed E-state index contributed by atoms with van der Waals surface area (Å²) in [5.74, 6) is -0.418. The standard InChI is InChI=1S/C14H11Cl2NO2/c1-8-5-6-11(12(18)7-8)17-14(19)9-3-2-4-10(15)13(9)16/h2-7,18H,1H3,(H,17,19). The van der Waals surface area contributed by atoms with Crippen molar-refractivity contribution in [3.8, 4) is 5.75 Å². The Morgan fingerprint density at radius 2 is 1.95 bits per heavy atom. The van der Waals surface area contributed by atoms with E-state index >= 15 is 0 Å². The van der Waals surface area contributed by atoms with Gasteiger partial charge in [-0.1, -0.05) is 35.3 Å². The van der Waals surface area contributed by atoms with E-state index in [9.17, 15) is 9.90 Å². The van der Waals surface area contributed by atoms with Crippen molar-refractivity contribution in [3.05, 3.63) is 57.6 Å². The molecule has 3 nitrogen and oxygen atoms in total. The number of amides is 1. The number of carbonyl (C=O) groups excluding carboxylic acids is 1. The minimum atomic E-state index is -0.424. The number of aryl methyl sites for hydroxylation is 1. The highest BCUT2D eigenvalue weighted by atomic mass is 35.5. The van der Waals surface area contributed by atoms with E-state index in [2.05, 4.69) is 5.32 Å². The van der Waals surface area contributed by atoms with Gasteiger partial charge in [0.25, 0.3) is 5.91 Å². The lowest BCUT2D eigenvalue weighted by molar-refractivity contribution is 0.102. The summed E-state index contributed by atoms with van der Waals surface area (Å²) in [5.41, 5.74) is 1.48. The van der Waals surface area contributed by atoms with Crippen LogP contribution in [0.5, 0.6) is 5.75 Å². The van der Waals surface area contributed by atoms with Crippen LogP contribution in [0.4, 0.5) is 5.69 Å². The van der Waals surface area contributed by atoms with Crippen molar-refractivity contribution in [3.63, 3.8) is 0 Å². The molecule has 0 aromatic heterocycles. The molecule has 2 rings (SSSR count). The van der Waals surface area contributed by atoms with Gasteiger partial charge in [0, 0.05) is 0 Å². The van der Waals surface area contributed by atoms with Crippen molar-refractivity contribution in [2.45, 2.75) is 6.92 Å². The van der Waals surface area contributed by atoms with E-state index in [1.165, 1.54) is 0 Å². The van der Waals surface area contributed by atoms with Gasteiger partial charge in [0.15, 0.2) is 0 Å². The van der Waals surface area contributed by atoms with Crippen LogP contribution in [0, 0.1) is 6.92 Å². The summed E-state index contributed by atoms with van der Waals surface area (Å²) in [4.78, 5) is 12.1. The van der Waals surface area contributed by atoms with Crippen molar-refractivity contribution in [1.82, 2.24) is 0 Å². The fourth-order valence-electron chi connectivity index (χ4n) is 1.62. The van der Waals surface area contributed by atoms with Gasteiger partial charge in [-0.3, -0.25) is 4.79 Å². The fraction of sp³-hybridized carbons (Fsp3) is 0.0714. The van der Waals surface area contributed by atoms with Gasteiger partial charge < -0.3 is 10.4 Å². The highest BCUT2D eigenvalue weighted by Crippen LogP contribution is 2.28. The Morgan fingerprint density at radius 3 is 2.63 bits per heavy atom. The molecule has 5 heteroatoms. The quantitative estimate of drug-likeness (QED) is 0.813. The molecule has 0 fully saturated rings. The van der Waals surface area contributed by atoms with E-state index in [1.807, 2.05) is 6.92 Å². The molecule has 0 radical (unpaired) electrons. The number of halogens is 2. The second kappa shape index (κ2) is 5.51. The zero-order valence-electron chi connectivity index (χ0n) is 10.1. The summed E-state index contributed by atoms with van der Waals surface area (Å²) in [5, 5.41) is 12.8. The predicted octanol–water partition coefficient (Wildman–Crippen LogP) is 4.26. The smallest absolute Gasteiger partial charge is 0.257 e. The Hall–Kier alpha value is -1.71.